The maximum atomic E-state index is 12.7. The first-order valence-corrected chi connectivity index (χ1v) is 9.67. The minimum Gasteiger partial charge on any atom is -0.323 e. The third-order valence-electron chi connectivity index (χ3n) is 3.63. The number of para-hydroxylation sites is 1. The number of nitrogens with zero attached hydrogens (tertiary/aromatic N) is 3. The van der Waals surface area contributed by atoms with Crippen LogP contribution in [0.4, 0.5) is 14.5 Å². The summed E-state index contributed by atoms with van der Waals surface area (Å²) >= 11 is 12.4. The molecule has 1 amide bonds. The van der Waals surface area contributed by atoms with Gasteiger partial charge in [0.15, 0.2) is 5.82 Å². The molecule has 0 bridgehead atoms. The van der Waals surface area contributed by atoms with Gasteiger partial charge in [-0.25, -0.2) is 9.67 Å². The Kier molecular flexibility index (Phi) is 6.53. The summed E-state index contributed by atoms with van der Waals surface area (Å²) in [4.78, 5) is 17.1. The molecule has 10 heteroatoms. The molecule has 0 aliphatic rings. The van der Waals surface area contributed by atoms with Crippen molar-refractivity contribution in [2.45, 2.75) is 24.1 Å². The molecule has 0 aliphatic carbocycles. The number of hydrogen-bond acceptors (Lipinski definition) is 4. The van der Waals surface area contributed by atoms with E-state index < -0.39 is 11.7 Å². The van der Waals surface area contributed by atoms with Crippen LogP contribution in [-0.4, -0.2) is 26.4 Å². The molecular formula is C18H14Cl2F2N4OS. The van der Waals surface area contributed by atoms with E-state index in [0.29, 0.717) is 44.7 Å². The minimum atomic E-state index is -2.59. The molecule has 0 unspecified atom stereocenters. The van der Waals surface area contributed by atoms with E-state index in [9.17, 15) is 13.6 Å². The summed E-state index contributed by atoms with van der Waals surface area (Å²) in [5.74, 6) is -2.09. The van der Waals surface area contributed by atoms with Crippen LogP contribution in [0.3, 0.4) is 0 Å². The van der Waals surface area contributed by atoms with Gasteiger partial charge in [0.25, 0.3) is 5.76 Å². The lowest BCUT2D eigenvalue weighted by molar-refractivity contribution is -0.116. The summed E-state index contributed by atoms with van der Waals surface area (Å²) < 4.78 is 26.8. The standard InChI is InChI=1S/C18H14Cl2F2N4OS/c1-10-23-17(11-6-7-12(19)13(20)8-11)26(25-10)9-16(27)24-14-4-2-3-5-15(14)28-18(21)22/h2-8,18H,9H2,1H3,(H,24,27). The van der Waals surface area contributed by atoms with E-state index in [1.165, 1.54) is 10.7 Å². The molecule has 5 nitrogen and oxygen atoms in total. The number of benzene rings is 2. The number of aryl methyl sites for hydroxylation is 1. The third-order valence-corrected chi connectivity index (χ3v) is 5.15. The second kappa shape index (κ2) is 8.89. The summed E-state index contributed by atoms with van der Waals surface area (Å²) in [6.07, 6.45) is 0. The average molecular weight is 443 g/mol. The molecule has 0 saturated heterocycles. The summed E-state index contributed by atoms with van der Waals surface area (Å²) in [6.45, 7) is 1.55. The molecule has 0 radical (unpaired) electrons. The quantitative estimate of drug-likeness (QED) is 0.511. The molecule has 0 saturated carbocycles. The normalized spacial score (nSPS) is 11.1. The van der Waals surface area contributed by atoms with Gasteiger partial charge in [0.05, 0.1) is 15.7 Å². The molecule has 1 N–H and O–H groups in total. The Labute approximate surface area is 174 Å². The van der Waals surface area contributed by atoms with Gasteiger partial charge in [-0.1, -0.05) is 47.1 Å². The maximum absolute atomic E-state index is 12.7. The van der Waals surface area contributed by atoms with E-state index in [0.717, 1.165) is 0 Å². The molecule has 2 aromatic carbocycles. The fourth-order valence-electron chi connectivity index (χ4n) is 2.51. The largest absolute Gasteiger partial charge is 0.323 e. The fourth-order valence-corrected chi connectivity index (χ4v) is 3.40. The number of rotatable bonds is 6. The van der Waals surface area contributed by atoms with E-state index in [1.807, 2.05) is 0 Å². The van der Waals surface area contributed by atoms with Crippen molar-refractivity contribution >= 4 is 46.6 Å². The average Bonchev–Trinajstić information content (AvgIpc) is 2.98. The van der Waals surface area contributed by atoms with Crippen molar-refractivity contribution in [1.82, 2.24) is 14.8 Å². The zero-order valence-electron chi connectivity index (χ0n) is 14.5. The van der Waals surface area contributed by atoms with Gasteiger partial charge in [0, 0.05) is 10.5 Å². The Morgan fingerprint density at radius 2 is 1.96 bits per heavy atom. The van der Waals surface area contributed by atoms with Crippen molar-refractivity contribution in [2.24, 2.45) is 0 Å². The highest BCUT2D eigenvalue weighted by molar-refractivity contribution is 7.99. The van der Waals surface area contributed by atoms with Crippen LogP contribution < -0.4 is 5.32 Å². The van der Waals surface area contributed by atoms with E-state index in [4.69, 9.17) is 23.2 Å². The molecule has 28 heavy (non-hydrogen) atoms. The van der Waals surface area contributed by atoms with E-state index >= 15 is 0 Å². The van der Waals surface area contributed by atoms with Crippen LogP contribution in [-0.2, 0) is 11.3 Å². The lowest BCUT2D eigenvalue weighted by Gasteiger charge is -2.11. The van der Waals surface area contributed by atoms with Crippen LogP contribution in [0.15, 0.2) is 47.4 Å². The van der Waals surface area contributed by atoms with Crippen molar-refractivity contribution < 1.29 is 13.6 Å². The lowest BCUT2D eigenvalue weighted by Crippen LogP contribution is -2.20. The summed E-state index contributed by atoms with van der Waals surface area (Å²) in [5, 5.41) is 7.64. The van der Waals surface area contributed by atoms with Gasteiger partial charge in [-0.3, -0.25) is 4.79 Å². The van der Waals surface area contributed by atoms with Gasteiger partial charge in [-0.05, 0) is 37.3 Å². The molecule has 0 fully saturated rings. The van der Waals surface area contributed by atoms with Crippen LogP contribution in [0.5, 0.6) is 0 Å². The van der Waals surface area contributed by atoms with Gasteiger partial charge < -0.3 is 5.32 Å². The van der Waals surface area contributed by atoms with Gasteiger partial charge >= 0.3 is 0 Å². The van der Waals surface area contributed by atoms with Crippen LogP contribution in [0, 0.1) is 6.92 Å². The molecule has 0 atom stereocenters. The number of alkyl halides is 2. The molecule has 146 valence electrons. The zero-order valence-corrected chi connectivity index (χ0v) is 16.8. The van der Waals surface area contributed by atoms with Crippen LogP contribution in [0.1, 0.15) is 5.82 Å². The van der Waals surface area contributed by atoms with Crippen molar-refractivity contribution in [3.63, 3.8) is 0 Å². The number of aromatic nitrogens is 3. The number of carbonyl (C=O) groups excluding carboxylic acids is 1. The number of amides is 1. The molecule has 1 heterocycles. The predicted molar refractivity (Wildman–Crippen MR) is 107 cm³/mol. The van der Waals surface area contributed by atoms with E-state index in [2.05, 4.69) is 15.4 Å². The Hall–Kier alpha value is -2.16. The van der Waals surface area contributed by atoms with Gasteiger partial charge in [0.2, 0.25) is 5.91 Å². The summed E-state index contributed by atoms with van der Waals surface area (Å²) in [6, 6.07) is 11.4. The van der Waals surface area contributed by atoms with Gasteiger partial charge in [-0.15, -0.1) is 0 Å². The second-order valence-electron chi connectivity index (χ2n) is 5.69. The van der Waals surface area contributed by atoms with Crippen molar-refractivity contribution in [2.75, 3.05) is 5.32 Å². The van der Waals surface area contributed by atoms with E-state index in [1.54, 1.807) is 43.3 Å². The van der Waals surface area contributed by atoms with Crippen LogP contribution in [0.2, 0.25) is 10.0 Å². The number of halogens is 4. The summed E-state index contributed by atoms with van der Waals surface area (Å²) in [5.41, 5.74) is 0.960. The van der Waals surface area contributed by atoms with E-state index in [-0.39, 0.29) is 11.4 Å². The van der Waals surface area contributed by atoms with Crippen LogP contribution >= 0.6 is 35.0 Å². The molecule has 3 rings (SSSR count). The van der Waals surface area contributed by atoms with Crippen molar-refractivity contribution in [1.29, 1.82) is 0 Å². The zero-order chi connectivity index (χ0) is 20.3. The molecule has 1 aromatic heterocycles. The highest BCUT2D eigenvalue weighted by Crippen LogP contribution is 2.32. The van der Waals surface area contributed by atoms with Crippen LogP contribution in [0.25, 0.3) is 11.4 Å². The first-order valence-electron chi connectivity index (χ1n) is 8.04. The smallest absolute Gasteiger partial charge is 0.288 e. The second-order valence-corrected chi connectivity index (χ2v) is 7.54. The number of anilines is 1. The molecule has 3 aromatic rings. The number of carbonyl (C=O) groups is 1. The predicted octanol–water partition coefficient (Wildman–Crippen LogP) is 5.51. The Morgan fingerprint density at radius 3 is 2.68 bits per heavy atom. The van der Waals surface area contributed by atoms with Crippen molar-refractivity contribution in [3.8, 4) is 11.4 Å². The number of nitrogens with one attached hydrogen (secondary N) is 1. The monoisotopic (exact) mass is 442 g/mol. The topological polar surface area (TPSA) is 59.8 Å². The molecule has 0 spiro atoms. The lowest BCUT2D eigenvalue weighted by atomic mass is 10.2. The Morgan fingerprint density at radius 1 is 1.21 bits per heavy atom. The summed E-state index contributed by atoms with van der Waals surface area (Å²) in [7, 11) is 0. The third kappa shape index (κ3) is 5.01. The Bertz CT molecular complexity index is 1010. The number of thioether (sulfide) groups is 1. The highest BCUT2D eigenvalue weighted by Gasteiger charge is 2.16. The Balaban J connectivity index is 1.81. The SMILES string of the molecule is Cc1nc(-c2ccc(Cl)c(Cl)c2)n(CC(=O)Nc2ccccc2SC(F)F)n1. The first kappa shape index (κ1) is 20.6. The molecular weight excluding hydrogens is 429 g/mol. The highest BCUT2D eigenvalue weighted by atomic mass is 35.5. The fraction of sp³-hybridized carbons (Fsp3) is 0.167. The maximum Gasteiger partial charge on any atom is 0.288 e. The van der Waals surface area contributed by atoms with Crippen molar-refractivity contribution in [3.05, 3.63) is 58.3 Å². The minimum absolute atomic E-state index is 0.149. The van der Waals surface area contributed by atoms with Gasteiger partial charge in [0.1, 0.15) is 12.4 Å². The number of hydrogen-bond donors (Lipinski definition) is 1. The first-order chi connectivity index (χ1) is 13.3. The molecule has 0 aliphatic heterocycles. The van der Waals surface area contributed by atoms with Gasteiger partial charge in [-0.2, -0.15) is 13.9 Å².